The highest BCUT2D eigenvalue weighted by Crippen LogP contribution is 2.47. The Kier molecular flexibility index (Phi) is 4.86. The summed E-state index contributed by atoms with van der Waals surface area (Å²) >= 11 is 6.54. The van der Waals surface area contributed by atoms with Crippen molar-refractivity contribution < 1.29 is 19.1 Å². The van der Waals surface area contributed by atoms with Crippen LogP contribution in [0.4, 0.5) is 15.8 Å². The van der Waals surface area contributed by atoms with E-state index in [0.717, 1.165) is 41.2 Å². The number of benzene rings is 3. The van der Waals surface area contributed by atoms with Gasteiger partial charge in [0.25, 0.3) is 5.91 Å². The van der Waals surface area contributed by atoms with Gasteiger partial charge in [-0.05, 0) is 78.8 Å². The maximum atomic E-state index is 14.4. The zero-order chi connectivity index (χ0) is 22.6. The van der Waals surface area contributed by atoms with Crippen LogP contribution < -0.4 is 4.90 Å². The molecule has 3 aromatic rings. The zero-order valence-corrected chi connectivity index (χ0v) is 18.0. The third kappa shape index (κ3) is 3.30. The predicted molar refractivity (Wildman–Crippen MR) is 123 cm³/mol. The van der Waals surface area contributed by atoms with Crippen LogP contribution in [-0.4, -0.2) is 17.0 Å². The lowest BCUT2D eigenvalue weighted by molar-refractivity contribution is -0.112. The molecule has 160 valence electrons. The van der Waals surface area contributed by atoms with E-state index in [0.29, 0.717) is 22.2 Å². The average molecular weight is 448 g/mol. The van der Waals surface area contributed by atoms with Crippen LogP contribution in [0.25, 0.3) is 11.6 Å². The first-order valence-electron chi connectivity index (χ1n) is 10.3. The third-order valence-corrected chi connectivity index (χ3v) is 6.36. The van der Waals surface area contributed by atoms with Crippen molar-refractivity contribution in [3.8, 4) is 0 Å². The van der Waals surface area contributed by atoms with Gasteiger partial charge in [0.15, 0.2) is 0 Å². The van der Waals surface area contributed by atoms with Crippen LogP contribution >= 0.6 is 11.6 Å². The van der Waals surface area contributed by atoms with Gasteiger partial charge in [0.1, 0.15) is 5.82 Å². The fourth-order valence-corrected chi connectivity index (χ4v) is 4.57. The zero-order valence-electron chi connectivity index (χ0n) is 17.2. The molecule has 0 aromatic heterocycles. The van der Waals surface area contributed by atoms with Gasteiger partial charge in [-0.3, -0.25) is 9.69 Å². The second kappa shape index (κ2) is 7.61. The fraction of sp³-hybridized carbons (Fsp3) is 0.154. The number of aryl methyl sites for hydroxylation is 1. The molecule has 0 bridgehead atoms. The Bertz CT molecular complexity index is 1330. The van der Waals surface area contributed by atoms with E-state index in [-0.39, 0.29) is 11.6 Å². The van der Waals surface area contributed by atoms with Crippen LogP contribution in [0.3, 0.4) is 0 Å². The first kappa shape index (κ1) is 20.5. The molecular weight excluding hydrogens is 429 g/mol. The Morgan fingerprint density at radius 1 is 1.16 bits per heavy atom. The van der Waals surface area contributed by atoms with Crippen molar-refractivity contribution in [3.63, 3.8) is 0 Å². The Morgan fingerprint density at radius 2 is 1.91 bits per heavy atom. The number of rotatable bonds is 4. The number of hydrogen-bond donors (Lipinski definition) is 1. The molecule has 1 heterocycles. The summed E-state index contributed by atoms with van der Waals surface area (Å²) in [6, 6.07) is 15.1. The smallest absolute Gasteiger partial charge is 0.338 e. The standard InChI is InChI=1S/C26H19ClFNO3/c1-14-4-2-7-23-24(14)20(13-19-17(15-8-9-15)5-3-6-21(19)27)25(30)29(23)16-10-11-18(26(31)32)22(28)12-16/h2-7,10-13,15H,8-9H2,1H3,(H,31,32)/b20-13+. The van der Waals surface area contributed by atoms with Crippen molar-refractivity contribution in [2.24, 2.45) is 0 Å². The monoisotopic (exact) mass is 447 g/mol. The van der Waals surface area contributed by atoms with E-state index < -0.39 is 17.3 Å². The van der Waals surface area contributed by atoms with Gasteiger partial charge in [-0.2, -0.15) is 0 Å². The van der Waals surface area contributed by atoms with Crippen molar-refractivity contribution in [1.82, 2.24) is 0 Å². The van der Waals surface area contributed by atoms with Crippen molar-refractivity contribution >= 4 is 46.5 Å². The minimum Gasteiger partial charge on any atom is -0.478 e. The van der Waals surface area contributed by atoms with E-state index >= 15 is 0 Å². The number of carbonyl (C=O) groups excluding carboxylic acids is 1. The van der Waals surface area contributed by atoms with Crippen LogP contribution in [0, 0.1) is 12.7 Å². The van der Waals surface area contributed by atoms with Crippen molar-refractivity contribution in [2.75, 3.05) is 4.90 Å². The van der Waals surface area contributed by atoms with E-state index in [1.165, 1.54) is 17.0 Å². The molecule has 5 rings (SSSR count). The molecule has 0 atom stereocenters. The van der Waals surface area contributed by atoms with Crippen LogP contribution in [0.1, 0.15) is 51.4 Å². The van der Waals surface area contributed by atoms with Crippen LogP contribution in [0.15, 0.2) is 54.6 Å². The Balaban J connectivity index is 1.68. The van der Waals surface area contributed by atoms with Gasteiger partial charge in [-0.15, -0.1) is 0 Å². The number of hydrogen-bond acceptors (Lipinski definition) is 2. The molecule has 1 amide bonds. The fourth-order valence-electron chi connectivity index (χ4n) is 4.33. The Labute approximate surface area is 189 Å². The minimum atomic E-state index is -1.36. The van der Waals surface area contributed by atoms with Crippen LogP contribution in [0.5, 0.6) is 0 Å². The van der Waals surface area contributed by atoms with Crippen molar-refractivity contribution in [1.29, 1.82) is 0 Å². The predicted octanol–water partition coefficient (Wildman–Crippen LogP) is 6.58. The third-order valence-electron chi connectivity index (χ3n) is 6.03. The van der Waals surface area contributed by atoms with Crippen LogP contribution in [0.2, 0.25) is 5.02 Å². The number of carbonyl (C=O) groups is 2. The number of fused-ring (bicyclic) bond motifs is 1. The highest BCUT2D eigenvalue weighted by Gasteiger charge is 2.36. The molecular formula is C26H19ClFNO3. The van der Waals surface area contributed by atoms with E-state index in [2.05, 4.69) is 0 Å². The summed E-state index contributed by atoms with van der Waals surface area (Å²) in [4.78, 5) is 26.3. The second-order valence-corrected chi connectivity index (χ2v) is 8.56. The summed E-state index contributed by atoms with van der Waals surface area (Å²) in [5, 5.41) is 9.72. The van der Waals surface area contributed by atoms with Gasteiger partial charge < -0.3 is 5.11 Å². The first-order chi connectivity index (χ1) is 15.4. The number of amides is 1. The van der Waals surface area contributed by atoms with Gasteiger partial charge in [-0.25, -0.2) is 9.18 Å². The van der Waals surface area contributed by atoms with E-state index in [9.17, 15) is 14.0 Å². The quantitative estimate of drug-likeness (QED) is 0.459. The summed E-state index contributed by atoms with van der Waals surface area (Å²) in [6.45, 7) is 1.92. The molecule has 4 nitrogen and oxygen atoms in total. The lowest BCUT2D eigenvalue weighted by atomic mass is 9.96. The van der Waals surface area contributed by atoms with E-state index in [1.807, 2.05) is 43.3 Å². The molecule has 0 saturated heterocycles. The van der Waals surface area contributed by atoms with Gasteiger partial charge in [0, 0.05) is 10.6 Å². The molecule has 0 unspecified atom stereocenters. The Morgan fingerprint density at radius 3 is 2.59 bits per heavy atom. The molecule has 1 aliphatic heterocycles. The molecule has 6 heteroatoms. The summed E-state index contributed by atoms with van der Waals surface area (Å²) in [5.74, 6) is -2.11. The highest BCUT2D eigenvalue weighted by atomic mass is 35.5. The van der Waals surface area contributed by atoms with Crippen molar-refractivity contribution in [3.05, 3.63) is 93.3 Å². The van der Waals surface area contributed by atoms with E-state index in [1.54, 1.807) is 6.07 Å². The second-order valence-electron chi connectivity index (χ2n) is 8.15. The molecule has 1 aliphatic carbocycles. The number of nitrogens with zero attached hydrogens (tertiary/aromatic N) is 1. The minimum absolute atomic E-state index is 0.273. The van der Waals surface area contributed by atoms with Crippen LogP contribution in [-0.2, 0) is 4.79 Å². The summed E-state index contributed by atoms with van der Waals surface area (Å²) in [5.41, 5.74) is 4.58. The lowest BCUT2D eigenvalue weighted by Crippen LogP contribution is -2.21. The highest BCUT2D eigenvalue weighted by molar-refractivity contribution is 6.39. The first-order valence-corrected chi connectivity index (χ1v) is 10.7. The SMILES string of the molecule is Cc1cccc2c1/C(=C\c1c(Cl)cccc1C1CC1)C(=O)N2c1ccc(C(=O)O)c(F)c1. The molecule has 32 heavy (non-hydrogen) atoms. The maximum Gasteiger partial charge on any atom is 0.338 e. The largest absolute Gasteiger partial charge is 0.478 e. The number of anilines is 2. The average Bonchev–Trinajstić information content (AvgIpc) is 3.54. The molecule has 1 saturated carbocycles. The topological polar surface area (TPSA) is 57.6 Å². The summed E-state index contributed by atoms with van der Waals surface area (Å²) in [6.07, 6.45) is 4.04. The molecule has 0 radical (unpaired) electrons. The molecule has 1 fully saturated rings. The maximum absolute atomic E-state index is 14.4. The molecule has 2 aliphatic rings. The summed E-state index contributed by atoms with van der Waals surface area (Å²) in [7, 11) is 0. The number of halogens is 2. The van der Waals surface area contributed by atoms with Crippen molar-refractivity contribution in [2.45, 2.75) is 25.7 Å². The van der Waals surface area contributed by atoms with Gasteiger partial charge in [-0.1, -0.05) is 35.9 Å². The van der Waals surface area contributed by atoms with Gasteiger partial charge in [0.2, 0.25) is 0 Å². The van der Waals surface area contributed by atoms with Gasteiger partial charge >= 0.3 is 5.97 Å². The molecule has 1 N–H and O–H groups in total. The molecule has 0 spiro atoms. The van der Waals surface area contributed by atoms with Gasteiger partial charge in [0.05, 0.1) is 22.5 Å². The summed E-state index contributed by atoms with van der Waals surface area (Å²) < 4.78 is 14.4. The number of carboxylic acids is 1. The molecule has 3 aromatic carbocycles. The normalized spacial score (nSPS) is 16.5. The van der Waals surface area contributed by atoms with E-state index in [4.69, 9.17) is 16.7 Å². The number of carboxylic acid groups (broad SMARTS) is 1. The Hall–Kier alpha value is -3.44. The number of aromatic carboxylic acids is 1. The lowest BCUT2D eigenvalue weighted by Gasteiger charge is -2.18.